The molecule has 2 rings (SSSR count). The number of nitrogens with one attached hydrogen (secondary N) is 1. The van der Waals surface area contributed by atoms with Crippen molar-refractivity contribution in [1.82, 2.24) is 10.3 Å². The summed E-state index contributed by atoms with van der Waals surface area (Å²) in [6.45, 7) is 0. The summed E-state index contributed by atoms with van der Waals surface area (Å²) in [5.41, 5.74) is 2.69. The molecule has 1 N–H and O–H groups in total. The molecule has 1 aromatic heterocycles. The Morgan fingerprint density at radius 2 is 2.00 bits per heavy atom. The maximum absolute atomic E-state index is 12.1. The molecule has 0 aliphatic carbocycles. The number of carbonyl (C=O) groups excluding carboxylic acids is 2. The third kappa shape index (κ3) is 4.05. The van der Waals surface area contributed by atoms with Gasteiger partial charge in [0, 0.05) is 5.38 Å². The molecule has 0 fully saturated rings. The summed E-state index contributed by atoms with van der Waals surface area (Å²) in [4.78, 5) is 27.7. The van der Waals surface area contributed by atoms with Gasteiger partial charge >= 0.3 is 5.97 Å². The average molecular weight is 320 g/mol. The van der Waals surface area contributed by atoms with Crippen LogP contribution in [0.2, 0.25) is 0 Å². The molecule has 0 aliphatic rings. The van der Waals surface area contributed by atoms with Crippen LogP contribution >= 0.6 is 11.3 Å². The van der Waals surface area contributed by atoms with Crippen molar-refractivity contribution >= 4 is 23.2 Å². The number of rotatable bonds is 6. The molecule has 0 bridgehead atoms. The maximum atomic E-state index is 12.1. The van der Waals surface area contributed by atoms with Gasteiger partial charge in [-0.15, -0.1) is 11.3 Å². The van der Waals surface area contributed by atoms with E-state index in [0.29, 0.717) is 11.4 Å². The lowest BCUT2D eigenvalue weighted by Crippen LogP contribution is -2.30. The molecule has 0 saturated carbocycles. The molecule has 22 heavy (non-hydrogen) atoms. The lowest BCUT2D eigenvalue weighted by Gasteiger charge is -2.18. The zero-order valence-corrected chi connectivity index (χ0v) is 13.1. The topological polar surface area (TPSA) is 77.5 Å². The predicted octanol–water partition coefficient (Wildman–Crippen LogP) is 2.19. The maximum Gasteiger partial charge on any atom is 0.307 e. The van der Waals surface area contributed by atoms with Crippen molar-refractivity contribution in [3.8, 4) is 5.75 Å². The van der Waals surface area contributed by atoms with Gasteiger partial charge in [-0.1, -0.05) is 12.1 Å². The van der Waals surface area contributed by atoms with Crippen molar-refractivity contribution < 1.29 is 19.1 Å². The first-order valence-electron chi connectivity index (χ1n) is 6.54. The second-order valence-corrected chi connectivity index (χ2v) is 5.17. The van der Waals surface area contributed by atoms with Crippen LogP contribution in [0.3, 0.4) is 0 Å². The Bertz CT molecular complexity index is 626. The van der Waals surface area contributed by atoms with E-state index in [1.165, 1.54) is 18.4 Å². The molecule has 0 saturated heterocycles. The van der Waals surface area contributed by atoms with Crippen LogP contribution in [0.25, 0.3) is 0 Å². The fourth-order valence-electron chi connectivity index (χ4n) is 1.90. The number of aromatic nitrogens is 1. The quantitative estimate of drug-likeness (QED) is 0.826. The van der Waals surface area contributed by atoms with E-state index >= 15 is 0 Å². The zero-order chi connectivity index (χ0) is 15.9. The van der Waals surface area contributed by atoms with Crippen LogP contribution in [0, 0.1) is 0 Å². The van der Waals surface area contributed by atoms with Crippen LogP contribution < -0.4 is 10.1 Å². The van der Waals surface area contributed by atoms with E-state index in [2.05, 4.69) is 10.3 Å². The number of hydrogen-bond donors (Lipinski definition) is 1. The van der Waals surface area contributed by atoms with Gasteiger partial charge in [-0.05, 0) is 17.7 Å². The minimum atomic E-state index is -0.493. The molecule has 6 nitrogen and oxygen atoms in total. The van der Waals surface area contributed by atoms with Crippen molar-refractivity contribution in [3.63, 3.8) is 0 Å². The van der Waals surface area contributed by atoms with Crippen molar-refractivity contribution in [2.75, 3.05) is 14.2 Å². The number of thiazole rings is 1. The van der Waals surface area contributed by atoms with Gasteiger partial charge in [0.15, 0.2) is 0 Å². The molecule has 1 amide bonds. The van der Waals surface area contributed by atoms with Gasteiger partial charge in [-0.2, -0.15) is 0 Å². The van der Waals surface area contributed by atoms with E-state index in [9.17, 15) is 9.59 Å². The molecule has 1 heterocycles. The third-order valence-corrected chi connectivity index (χ3v) is 3.67. The summed E-state index contributed by atoms with van der Waals surface area (Å²) < 4.78 is 9.79. The van der Waals surface area contributed by atoms with E-state index in [1.807, 2.05) is 0 Å². The molecule has 7 heteroatoms. The third-order valence-electron chi connectivity index (χ3n) is 3.09. The average Bonchev–Trinajstić information content (AvgIpc) is 3.08. The normalized spacial score (nSPS) is 11.5. The number of nitrogens with zero attached hydrogens (tertiary/aromatic N) is 1. The van der Waals surface area contributed by atoms with E-state index in [4.69, 9.17) is 9.47 Å². The number of hydrogen-bond acceptors (Lipinski definition) is 6. The van der Waals surface area contributed by atoms with Gasteiger partial charge in [0.05, 0.1) is 32.2 Å². The van der Waals surface area contributed by atoms with Crippen molar-refractivity contribution in [2.24, 2.45) is 0 Å². The van der Waals surface area contributed by atoms with Gasteiger partial charge < -0.3 is 14.8 Å². The summed E-state index contributed by atoms with van der Waals surface area (Å²) in [6.07, 6.45) is 0.0404. The van der Waals surface area contributed by atoms with E-state index < -0.39 is 12.0 Å². The number of amides is 1. The summed E-state index contributed by atoms with van der Waals surface area (Å²) in [7, 11) is 2.89. The first-order valence-corrected chi connectivity index (χ1v) is 7.48. The van der Waals surface area contributed by atoms with Gasteiger partial charge in [0.25, 0.3) is 5.91 Å². The molecule has 2 aromatic rings. The number of esters is 1. The molecule has 1 aromatic carbocycles. The molecule has 0 radical (unpaired) electrons. The fraction of sp³-hybridized carbons (Fsp3) is 0.267. The van der Waals surface area contributed by atoms with Crippen molar-refractivity contribution in [1.29, 1.82) is 0 Å². The monoisotopic (exact) mass is 320 g/mol. The van der Waals surface area contributed by atoms with Gasteiger partial charge in [-0.3, -0.25) is 9.59 Å². The minimum absolute atomic E-state index is 0.0404. The Labute approximate surface area is 132 Å². The smallest absolute Gasteiger partial charge is 0.307 e. The summed E-state index contributed by atoms with van der Waals surface area (Å²) in [6, 6.07) is 6.65. The molecular weight excluding hydrogens is 304 g/mol. The van der Waals surface area contributed by atoms with Gasteiger partial charge in [-0.25, -0.2) is 4.98 Å². The van der Waals surface area contributed by atoms with E-state index in [-0.39, 0.29) is 12.3 Å². The Balaban J connectivity index is 2.17. The molecule has 1 atom stereocenters. The number of methoxy groups -OCH3 is 2. The predicted molar refractivity (Wildman–Crippen MR) is 81.9 cm³/mol. The highest BCUT2D eigenvalue weighted by atomic mass is 32.1. The minimum Gasteiger partial charge on any atom is -0.497 e. The second-order valence-electron chi connectivity index (χ2n) is 4.45. The summed E-state index contributed by atoms with van der Waals surface area (Å²) in [5, 5.41) is 4.45. The Kier molecular flexibility index (Phi) is 5.48. The first-order chi connectivity index (χ1) is 10.6. The molecule has 0 spiro atoms. The standard InChI is InChI=1S/C15H16N2O4S/c1-20-11-5-3-10(4-6-11)12(7-14(18)21-2)17-15(19)13-8-22-9-16-13/h3-6,8-9,12H,7H2,1-2H3,(H,17,19). The van der Waals surface area contributed by atoms with Crippen LogP contribution in [0.4, 0.5) is 0 Å². The Morgan fingerprint density at radius 3 is 2.55 bits per heavy atom. The summed E-state index contributed by atoms with van der Waals surface area (Å²) in [5.74, 6) is -0.0308. The highest BCUT2D eigenvalue weighted by molar-refractivity contribution is 7.07. The first kappa shape index (κ1) is 16.0. The zero-order valence-electron chi connectivity index (χ0n) is 12.2. The van der Waals surface area contributed by atoms with Crippen molar-refractivity contribution in [3.05, 3.63) is 46.4 Å². The largest absolute Gasteiger partial charge is 0.497 e. The second kappa shape index (κ2) is 7.56. The molecular formula is C15H16N2O4S. The summed E-state index contributed by atoms with van der Waals surface area (Å²) >= 11 is 1.33. The van der Waals surface area contributed by atoms with E-state index in [1.54, 1.807) is 42.3 Å². The van der Waals surface area contributed by atoms with Gasteiger partial charge in [0.1, 0.15) is 11.4 Å². The van der Waals surface area contributed by atoms with Crippen LogP contribution in [-0.4, -0.2) is 31.1 Å². The molecule has 0 aliphatic heterocycles. The number of ether oxygens (including phenoxy) is 2. The van der Waals surface area contributed by atoms with Crippen molar-refractivity contribution in [2.45, 2.75) is 12.5 Å². The fourth-order valence-corrected chi connectivity index (χ4v) is 2.43. The lowest BCUT2D eigenvalue weighted by atomic mass is 10.0. The van der Waals surface area contributed by atoms with Crippen LogP contribution in [0.1, 0.15) is 28.5 Å². The van der Waals surface area contributed by atoms with Gasteiger partial charge in [0.2, 0.25) is 0 Å². The highest BCUT2D eigenvalue weighted by Gasteiger charge is 2.20. The lowest BCUT2D eigenvalue weighted by molar-refractivity contribution is -0.141. The van der Waals surface area contributed by atoms with Crippen LogP contribution in [0.15, 0.2) is 35.2 Å². The Hall–Kier alpha value is -2.41. The van der Waals surface area contributed by atoms with Crippen LogP contribution in [0.5, 0.6) is 5.75 Å². The highest BCUT2D eigenvalue weighted by Crippen LogP contribution is 2.21. The Morgan fingerprint density at radius 1 is 1.27 bits per heavy atom. The number of carbonyl (C=O) groups is 2. The molecule has 116 valence electrons. The van der Waals surface area contributed by atoms with Crippen LogP contribution in [-0.2, 0) is 9.53 Å². The van der Waals surface area contributed by atoms with E-state index in [0.717, 1.165) is 5.56 Å². The number of benzene rings is 1. The SMILES string of the molecule is COC(=O)CC(NC(=O)c1cscn1)c1ccc(OC)cc1. The molecule has 1 unspecified atom stereocenters.